The van der Waals surface area contributed by atoms with Crippen LogP contribution in [-0.4, -0.2) is 47.7 Å². The van der Waals surface area contributed by atoms with E-state index in [2.05, 4.69) is 15.5 Å². The summed E-state index contributed by atoms with van der Waals surface area (Å²) in [7, 11) is 0. The Bertz CT molecular complexity index is 540. The molecule has 0 aliphatic carbocycles. The summed E-state index contributed by atoms with van der Waals surface area (Å²) in [4.78, 5) is 14.3. The Labute approximate surface area is 135 Å². The molecule has 0 bridgehead atoms. The second-order valence-corrected chi connectivity index (χ2v) is 6.56. The van der Waals surface area contributed by atoms with Crippen LogP contribution in [0.3, 0.4) is 0 Å². The summed E-state index contributed by atoms with van der Waals surface area (Å²) in [5.41, 5.74) is 2.19. The molecule has 120 valence electrons. The highest BCUT2D eigenvalue weighted by molar-refractivity contribution is 6.30. The van der Waals surface area contributed by atoms with Crippen LogP contribution in [0.2, 0.25) is 5.02 Å². The fourth-order valence-corrected chi connectivity index (χ4v) is 3.23. The second-order valence-electron chi connectivity index (χ2n) is 6.13. The lowest BCUT2D eigenvalue weighted by molar-refractivity contribution is -0.122. The number of hydrogen-bond acceptors (Lipinski definition) is 4. The van der Waals surface area contributed by atoms with Crippen molar-refractivity contribution in [3.05, 3.63) is 34.3 Å². The first kappa shape index (κ1) is 15.7. The number of amides is 1. The van der Waals surface area contributed by atoms with Crippen molar-refractivity contribution in [3.8, 4) is 0 Å². The normalized spacial score (nSPS) is 22.5. The first-order valence-electron chi connectivity index (χ1n) is 7.80. The molecule has 22 heavy (non-hydrogen) atoms. The van der Waals surface area contributed by atoms with Crippen LogP contribution in [0.1, 0.15) is 24.0 Å². The number of β-amino-alcohol motifs (C(OH)–C–C–N with tert-alkyl or cyclic N) is 1. The number of carbonyl (C=O) groups excluding carboxylic acids is 1. The number of likely N-dealkylation sites (tertiary alicyclic amines) is 1. The molecular formula is C16H22ClN3O2. The number of nitrogens with one attached hydrogen (secondary N) is 2. The summed E-state index contributed by atoms with van der Waals surface area (Å²) in [6.45, 7) is 3.60. The number of rotatable bonds is 5. The van der Waals surface area contributed by atoms with Crippen LogP contribution in [0.15, 0.2) is 18.2 Å². The molecule has 0 radical (unpaired) electrons. The van der Waals surface area contributed by atoms with Crippen molar-refractivity contribution in [2.24, 2.45) is 0 Å². The fraction of sp³-hybridized carbons (Fsp3) is 0.562. The SMILES string of the molecule is O=C(NCc1cc(Cl)ccc1CN1CC(O)C1)[C@@H]1CCCN1. The molecule has 5 nitrogen and oxygen atoms in total. The van der Waals surface area contributed by atoms with E-state index in [-0.39, 0.29) is 18.1 Å². The number of nitrogens with zero attached hydrogens (tertiary/aromatic N) is 1. The van der Waals surface area contributed by atoms with Gasteiger partial charge in [0.2, 0.25) is 5.91 Å². The van der Waals surface area contributed by atoms with E-state index in [1.807, 2.05) is 18.2 Å². The van der Waals surface area contributed by atoms with Crippen LogP contribution >= 0.6 is 11.6 Å². The van der Waals surface area contributed by atoms with Gasteiger partial charge in [0.05, 0.1) is 12.1 Å². The summed E-state index contributed by atoms with van der Waals surface area (Å²) < 4.78 is 0. The first-order valence-corrected chi connectivity index (χ1v) is 8.18. The van der Waals surface area contributed by atoms with Gasteiger partial charge in [0.1, 0.15) is 0 Å². The molecule has 2 heterocycles. The number of carbonyl (C=O) groups is 1. The largest absolute Gasteiger partial charge is 0.390 e. The Morgan fingerprint density at radius 1 is 1.41 bits per heavy atom. The van der Waals surface area contributed by atoms with Gasteiger partial charge in [-0.25, -0.2) is 0 Å². The van der Waals surface area contributed by atoms with E-state index in [4.69, 9.17) is 11.6 Å². The number of hydrogen-bond donors (Lipinski definition) is 3. The molecule has 0 spiro atoms. The summed E-state index contributed by atoms with van der Waals surface area (Å²) in [5.74, 6) is 0.0581. The highest BCUT2D eigenvalue weighted by Crippen LogP contribution is 2.20. The summed E-state index contributed by atoms with van der Waals surface area (Å²) in [5, 5.41) is 16.3. The molecule has 2 saturated heterocycles. The Morgan fingerprint density at radius 3 is 2.91 bits per heavy atom. The third-order valence-electron chi connectivity index (χ3n) is 4.33. The Kier molecular flexibility index (Phi) is 4.98. The zero-order valence-corrected chi connectivity index (χ0v) is 13.3. The number of aliphatic hydroxyl groups is 1. The maximum Gasteiger partial charge on any atom is 0.237 e. The number of halogens is 1. The molecular weight excluding hydrogens is 302 g/mol. The number of aliphatic hydroxyl groups excluding tert-OH is 1. The Balaban J connectivity index is 1.61. The maximum absolute atomic E-state index is 12.1. The number of benzene rings is 1. The predicted molar refractivity (Wildman–Crippen MR) is 85.6 cm³/mol. The molecule has 0 unspecified atom stereocenters. The van der Waals surface area contributed by atoms with Gasteiger partial charge >= 0.3 is 0 Å². The minimum absolute atomic E-state index is 0.0581. The van der Waals surface area contributed by atoms with Gasteiger partial charge in [-0.3, -0.25) is 9.69 Å². The first-order chi connectivity index (χ1) is 10.6. The van der Waals surface area contributed by atoms with Crippen LogP contribution in [0.25, 0.3) is 0 Å². The van der Waals surface area contributed by atoms with Gasteiger partial charge in [-0.15, -0.1) is 0 Å². The van der Waals surface area contributed by atoms with Crippen LogP contribution in [-0.2, 0) is 17.9 Å². The van der Waals surface area contributed by atoms with E-state index in [0.29, 0.717) is 24.7 Å². The topological polar surface area (TPSA) is 64.6 Å². The second kappa shape index (κ2) is 6.96. The van der Waals surface area contributed by atoms with Gasteiger partial charge in [0, 0.05) is 31.2 Å². The Hall–Kier alpha value is -1.14. The molecule has 2 fully saturated rings. The lowest BCUT2D eigenvalue weighted by Gasteiger charge is -2.36. The van der Waals surface area contributed by atoms with Crippen LogP contribution in [0, 0.1) is 0 Å². The van der Waals surface area contributed by atoms with Gasteiger partial charge in [-0.05, 0) is 42.6 Å². The van der Waals surface area contributed by atoms with Crippen molar-refractivity contribution >= 4 is 17.5 Å². The molecule has 6 heteroatoms. The molecule has 2 aliphatic heterocycles. The smallest absolute Gasteiger partial charge is 0.237 e. The summed E-state index contributed by atoms with van der Waals surface area (Å²) in [6.07, 6.45) is 1.75. The molecule has 3 rings (SSSR count). The summed E-state index contributed by atoms with van der Waals surface area (Å²) >= 11 is 6.09. The van der Waals surface area contributed by atoms with Crippen LogP contribution < -0.4 is 10.6 Å². The third-order valence-corrected chi connectivity index (χ3v) is 4.57. The fourth-order valence-electron chi connectivity index (χ4n) is 3.04. The molecule has 3 N–H and O–H groups in total. The third kappa shape index (κ3) is 3.79. The van der Waals surface area contributed by atoms with Crippen molar-refractivity contribution in [1.29, 1.82) is 0 Å². The molecule has 1 amide bonds. The van der Waals surface area contributed by atoms with E-state index in [9.17, 15) is 9.90 Å². The van der Waals surface area contributed by atoms with Crippen molar-refractivity contribution < 1.29 is 9.90 Å². The van der Waals surface area contributed by atoms with Gasteiger partial charge < -0.3 is 15.7 Å². The van der Waals surface area contributed by atoms with Crippen molar-refractivity contribution in [1.82, 2.24) is 15.5 Å². The van der Waals surface area contributed by atoms with Crippen molar-refractivity contribution in [3.63, 3.8) is 0 Å². The van der Waals surface area contributed by atoms with Crippen molar-refractivity contribution in [2.45, 2.75) is 38.1 Å². The quantitative estimate of drug-likeness (QED) is 0.753. The maximum atomic E-state index is 12.1. The van der Waals surface area contributed by atoms with Crippen LogP contribution in [0.4, 0.5) is 0 Å². The zero-order chi connectivity index (χ0) is 15.5. The van der Waals surface area contributed by atoms with E-state index < -0.39 is 0 Å². The highest BCUT2D eigenvalue weighted by atomic mass is 35.5. The minimum Gasteiger partial charge on any atom is -0.390 e. The van der Waals surface area contributed by atoms with E-state index in [1.165, 1.54) is 0 Å². The van der Waals surface area contributed by atoms with E-state index in [0.717, 1.165) is 37.1 Å². The predicted octanol–water partition coefficient (Wildman–Crippen LogP) is 0.885. The zero-order valence-electron chi connectivity index (χ0n) is 12.5. The molecule has 0 saturated carbocycles. The molecule has 0 aromatic heterocycles. The van der Waals surface area contributed by atoms with E-state index >= 15 is 0 Å². The van der Waals surface area contributed by atoms with Gasteiger partial charge in [-0.2, -0.15) is 0 Å². The lowest BCUT2D eigenvalue weighted by Crippen LogP contribution is -2.50. The molecule has 1 aromatic rings. The standard InChI is InChI=1S/C16H22ClN3O2/c17-13-4-3-11(8-20-9-14(21)10-20)12(6-13)7-19-16(22)15-2-1-5-18-15/h3-4,6,14-15,18,21H,1-2,5,7-10H2,(H,19,22)/t15-/m0/s1. The van der Waals surface area contributed by atoms with Crippen LogP contribution in [0.5, 0.6) is 0 Å². The molecule has 1 atom stereocenters. The molecule has 1 aromatic carbocycles. The monoisotopic (exact) mass is 323 g/mol. The van der Waals surface area contributed by atoms with Gasteiger partial charge in [-0.1, -0.05) is 17.7 Å². The van der Waals surface area contributed by atoms with Gasteiger partial charge in [0.25, 0.3) is 0 Å². The molecule has 2 aliphatic rings. The van der Waals surface area contributed by atoms with Crippen molar-refractivity contribution in [2.75, 3.05) is 19.6 Å². The lowest BCUT2D eigenvalue weighted by atomic mass is 10.0. The highest BCUT2D eigenvalue weighted by Gasteiger charge is 2.25. The Morgan fingerprint density at radius 2 is 2.23 bits per heavy atom. The average molecular weight is 324 g/mol. The minimum atomic E-state index is -0.205. The average Bonchev–Trinajstić information content (AvgIpc) is 2.99. The van der Waals surface area contributed by atoms with E-state index in [1.54, 1.807) is 0 Å². The summed E-state index contributed by atoms with van der Waals surface area (Å²) in [6, 6.07) is 5.72. The van der Waals surface area contributed by atoms with Gasteiger partial charge in [0.15, 0.2) is 0 Å².